The quantitative estimate of drug-likeness (QED) is 0.201. The first kappa shape index (κ1) is 20.9. The van der Waals surface area contributed by atoms with Crippen molar-refractivity contribution in [2.24, 2.45) is 0 Å². The molecule has 0 aromatic heterocycles. The van der Waals surface area contributed by atoms with Crippen LogP contribution in [-0.4, -0.2) is 11.9 Å². The molecule has 0 radical (unpaired) electrons. The van der Waals surface area contributed by atoms with E-state index in [1.807, 2.05) is 0 Å². The fraction of sp³-hybridized carbons (Fsp3) is 0.810. The summed E-state index contributed by atoms with van der Waals surface area (Å²) in [4.78, 5) is 22.7. The number of hydrogen-bond donors (Lipinski definition) is 0. The highest BCUT2D eigenvalue weighted by Gasteiger charge is 2.28. The highest BCUT2D eigenvalue weighted by molar-refractivity contribution is 6.11. The van der Waals surface area contributed by atoms with Gasteiger partial charge in [0, 0.05) is 11.1 Å². The maximum absolute atomic E-state index is 11.5. The number of unbranched alkanes of at least 4 members (excludes halogenated alkanes) is 13. The Bertz CT molecular complexity index is 409. The molecule has 0 spiro atoms. The molecule has 0 atom stereocenters. The van der Waals surface area contributed by atoms with Crippen molar-refractivity contribution in [3.8, 4) is 0 Å². The minimum absolute atomic E-state index is 0.424. The summed E-state index contributed by atoms with van der Waals surface area (Å²) in [5.74, 6) is -0.882. The van der Waals surface area contributed by atoms with Gasteiger partial charge in [-0.3, -0.25) is 0 Å². The van der Waals surface area contributed by atoms with Crippen LogP contribution in [0.15, 0.2) is 11.1 Å². The molecule has 0 aliphatic carbocycles. The SMILES string of the molecule is CCCCCCCCCCCCCCCCC1=C(C)C(=O)OC1=O. The van der Waals surface area contributed by atoms with Crippen LogP contribution < -0.4 is 0 Å². The Morgan fingerprint density at radius 3 is 1.42 bits per heavy atom. The lowest BCUT2D eigenvalue weighted by molar-refractivity contribution is -0.151. The predicted octanol–water partition coefficient (Wildman–Crippen LogP) is 6.26. The van der Waals surface area contributed by atoms with Crippen LogP contribution in [0.3, 0.4) is 0 Å². The van der Waals surface area contributed by atoms with E-state index in [0.29, 0.717) is 17.6 Å². The van der Waals surface area contributed by atoms with Gasteiger partial charge in [0.2, 0.25) is 0 Å². The molecule has 0 saturated heterocycles. The summed E-state index contributed by atoms with van der Waals surface area (Å²) in [6.07, 6.45) is 19.2. The van der Waals surface area contributed by atoms with Crippen molar-refractivity contribution in [2.45, 2.75) is 110 Å². The summed E-state index contributed by atoms with van der Waals surface area (Å²) in [5, 5.41) is 0. The highest BCUT2D eigenvalue weighted by atomic mass is 16.6. The molecule has 0 amide bonds. The first-order valence-corrected chi connectivity index (χ1v) is 10.1. The van der Waals surface area contributed by atoms with Crippen molar-refractivity contribution in [1.82, 2.24) is 0 Å². The average Bonchev–Trinajstić information content (AvgIpc) is 2.81. The number of hydrogen-bond acceptors (Lipinski definition) is 3. The molecule has 1 rings (SSSR count). The van der Waals surface area contributed by atoms with Gasteiger partial charge in [0.15, 0.2) is 0 Å². The second kappa shape index (κ2) is 13.2. The smallest absolute Gasteiger partial charge is 0.342 e. The first-order valence-electron chi connectivity index (χ1n) is 10.1. The first-order chi connectivity index (χ1) is 11.7. The fourth-order valence-electron chi connectivity index (χ4n) is 3.28. The van der Waals surface area contributed by atoms with Gasteiger partial charge in [0.25, 0.3) is 0 Å². The molecular formula is C21H36O3. The van der Waals surface area contributed by atoms with Crippen LogP contribution in [0, 0.1) is 0 Å². The van der Waals surface area contributed by atoms with E-state index in [1.54, 1.807) is 6.92 Å². The Balaban J connectivity index is 1.84. The summed E-state index contributed by atoms with van der Waals surface area (Å²) < 4.78 is 4.60. The molecule has 138 valence electrons. The minimum Gasteiger partial charge on any atom is -0.386 e. The van der Waals surface area contributed by atoms with Crippen molar-refractivity contribution in [1.29, 1.82) is 0 Å². The van der Waals surface area contributed by atoms with E-state index in [1.165, 1.54) is 77.0 Å². The molecule has 0 saturated carbocycles. The molecule has 0 unspecified atom stereocenters. The van der Waals surface area contributed by atoms with E-state index >= 15 is 0 Å². The second-order valence-electron chi connectivity index (χ2n) is 7.13. The third-order valence-electron chi connectivity index (χ3n) is 4.97. The van der Waals surface area contributed by atoms with Gasteiger partial charge in [0.05, 0.1) is 0 Å². The number of rotatable bonds is 15. The van der Waals surface area contributed by atoms with Crippen LogP contribution in [-0.2, 0) is 14.3 Å². The van der Waals surface area contributed by atoms with Crippen LogP contribution in [0.5, 0.6) is 0 Å². The normalized spacial score (nSPS) is 14.6. The molecule has 1 aliphatic heterocycles. The van der Waals surface area contributed by atoms with Crippen LogP contribution in [0.1, 0.15) is 110 Å². The number of cyclic esters (lactones) is 2. The van der Waals surface area contributed by atoms with E-state index in [9.17, 15) is 9.59 Å². The van der Waals surface area contributed by atoms with Gasteiger partial charge in [-0.2, -0.15) is 0 Å². The monoisotopic (exact) mass is 336 g/mol. The van der Waals surface area contributed by atoms with Crippen LogP contribution in [0.2, 0.25) is 0 Å². The molecule has 0 fully saturated rings. The lowest BCUT2D eigenvalue weighted by Crippen LogP contribution is -2.01. The molecule has 0 bridgehead atoms. The van der Waals surface area contributed by atoms with Crippen molar-refractivity contribution in [3.63, 3.8) is 0 Å². The van der Waals surface area contributed by atoms with E-state index < -0.39 is 11.9 Å². The molecule has 0 aromatic carbocycles. The van der Waals surface area contributed by atoms with Gasteiger partial charge >= 0.3 is 11.9 Å². The molecule has 3 heteroatoms. The molecular weight excluding hydrogens is 300 g/mol. The van der Waals surface area contributed by atoms with Crippen molar-refractivity contribution in [3.05, 3.63) is 11.1 Å². The Labute approximate surface area is 148 Å². The summed E-state index contributed by atoms with van der Waals surface area (Å²) >= 11 is 0. The standard InChI is InChI=1S/C21H36O3/c1-3-4-5-6-7-8-9-10-11-12-13-14-15-16-17-19-18(2)20(22)24-21(19)23/h3-17H2,1-2H3. The summed E-state index contributed by atoms with van der Waals surface area (Å²) in [6.45, 7) is 3.95. The zero-order valence-electron chi connectivity index (χ0n) is 15.8. The summed E-state index contributed by atoms with van der Waals surface area (Å²) in [7, 11) is 0. The maximum Gasteiger partial charge on any atom is 0.342 e. The summed E-state index contributed by atoms with van der Waals surface area (Å²) in [5.41, 5.74) is 1.11. The lowest BCUT2D eigenvalue weighted by atomic mass is 10.0. The number of esters is 2. The molecule has 24 heavy (non-hydrogen) atoms. The van der Waals surface area contributed by atoms with Gasteiger partial charge in [-0.1, -0.05) is 90.4 Å². The van der Waals surface area contributed by atoms with E-state index in [0.717, 1.165) is 12.8 Å². The Morgan fingerprint density at radius 2 is 1.04 bits per heavy atom. The van der Waals surface area contributed by atoms with E-state index in [-0.39, 0.29) is 0 Å². The van der Waals surface area contributed by atoms with E-state index in [2.05, 4.69) is 11.7 Å². The number of carbonyl (C=O) groups is 2. The minimum atomic E-state index is -0.458. The topological polar surface area (TPSA) is 43.4 Å². The molecule has 0 aromatic rings. The van der Waals surface area contributed by atoms with E-state index in [4.69, 9.17) is 0 Å². The lowest BCUT2D eigenvalue weighted by Gasteiger charge is -2.03. The van der Waals surface area contributed by atoms with Gasteiger partial charge in [-0.05, 0) is 19.8 Å². The Morgan fingerprint density at radius 1 is 0.625 bits per heavy atom. The van der Waals surface area contributed by atoms with Crippen molar-refractivity contribution in [2.75, 3.05) is 0 Å². The number of ether oxygens (including phenoxy) is 1. The largest absolute Gasteiger partial charge is 0.386 e. The molecule has 3 nitrogen and oxygen atoms in total. The van der Waals surface area contributed by atoms with Gasteiger partial charge in [-0.25, -0.2) is 9.59 Å². The summed E-state index contributed by atoms with van der Waals surface area (Å²) in [6, 6.07) is 0. The third kappa shape index (κ3) is 8.65. The van der Waals surface area contributed by atoms with Crippen LogP contribution in [0.4, 0.5) is 0 Å². The zero-order valence-corrected chi connectivity index (χ0v) is 15.8. The zero-order chi connectivity index (χ0) is 17.6. The fourth-order valence-corrected chi connectivity index (χ4v) is 3.28. The second-order valence-corrected chi connectivity index (χ2v) is 7.13. The average molecular weight is 337 g/mol. The Kier molecular flexibility index (Phi) is 11.5. The van der Waals surface area contributed by atoms with Crippen LogP contribution in [0.25, 0.3) is 0 Å². The maximum atomic E-state index is 11.5. The van der Waals surface area contributed by atoms with Crippen LogP contribution >= 0.6 is 0 Å². The molecule has 1 aliphatic rings. The number of carbonyl (C=O) groups excluding carboxylic acids is 2. The van der Waals surface area contributed by atoms with Gasteiger partial charge < -0.3 is 4.74 Å². The van der Waals surface area contributed by atoms with Crippen molar-refractivity contribution < 1.29 is 14.3 Å². The third-order valence-corrected chi connectivity index (χ3v) is 4.97. The highest BCUT2D eigenvalue weighted by Crippen LogP contribution is 2.22. The predicted molar refractivity (Wildman–Crippen MR) is 98.7 cm³/mol. The van der Waals surface area contributed by atoms with Crippen molar-refractivity contribution >= 4 is 11.9 Å². The van der Waals surface area contributed by atoms with Gasteiger partial charge in [-0.15, -0.1) is 0 Å². The van der Waals surface area contributed by atoms with Gasteiger partial charge in [0.1, 0.15) is 0 Å². The Hall–Kier alpha value is -1.12. The molecule has 1 heterocycles. The molecule has 0 N–H and O–H groups in total.